The van der Waals surface area contributed by atoms with Crippen LogP contribution in [-0.2, 0) is 21.4 Å². The average Bonchev–Trinajstić information content (AvgIpc) is 2.80. The molecule has 0 atom stereocenters. The van der Waals surface area contributed by atoms with Crippen molar-refractivity contribution in [1.82, 2.24) is 9.21 Å². The molecule has 4 rings (SSSR count). The molecule has 0 spiro atoms. The fourth-order valence-corrected chi connectivity index (χ4v) is 5.46. The molecule has 0 unspecified atom stereocenters. The fourth-order valence-electron chi connectivity index (χ4n) is 3.88. The molecule has 0 aliphatic carbocycles. The molecule has 1 fully saturated rings. The highest BCUT2D eigenvalue weighted by Gasteiger charge is 2.31. The fraction of sp³-hybridized carbons (Fsp3) is 0.435. The summed E-state index contributed by atoms with van der Waals surface area (Å²) in [5.74, 6) is 1.25. The van der Waals surface area contributed by atoms with E-state index in [0.717, 1.165) is 12.8 Å². The van der Waals surface area contributed by atoms with Crippen molar-refractivity contribution in [3.05, 3.63) is 53.1 Å². The lowest BCUT2D eigenvalue weighted by molar-refractivity contribution is -0.132. The third-order valence-corrected chi connectivity index (χ3v) is 8.06. The van der Waals surface area contributed by atoms with Gasteiger partial charge in [-0.2, -0.15) is 4.31 Å². The van der Waals surface area contributed by atoms with E-state index in [1.54, 1.807) is 35.2 Å². The van der Waals surface area contributed by atoms with E-state index in [1.165, 1.54) is 16.4 Å². The van der Waals surface area contributed by atoms with Crippen molar-refractivity contribution in [2.24, 2.45) is 5.92 Å². The van der Waals surface area contributed by atoms with Crippen molar-refractivity contribution in [2.45, 2.75) is 31.2 Å². The minimum absolute atomic E-state index is 0.00751. The van der Waals surface area contributed by atoms with Crippen molar-refractivity contribution in [3.8, 4) is 11.5 Å². The average molecular weight is 479 g/mol. The van der Waals surface area contributed by atoms with Crippen LogP contribution in [0.2, 0.25) is 5.02 Å². The summed E-state index contributed by atoms with van der Waals surface area (Å²) in [6.45, 7) is 3.96. The number of hydrogen-bond donors (Lipinski definition) is 0. The van der Waals surface area contributed by atoms with Gasteiger partial charge in [0, 0.05) is 30.7 Å². The lowest BCUT2D eigenvalue weighted by atomic mass is 9.99. The van der Waals surface area contributed by atoms with Crippen LogP contribution in [0.15, 0.2) is 47.4 Å². The number of ether oxygens (including phenoxy) is 2. The summed E-state index contributed by atoms with van der Waals surface area (Å²) in [4.78, 5) is 14.8. The summed E-state index contributed by atoms with van der Waals surface area (Å²) in [6.07, 6.45) is 1.84. The second-order valence-electron chi connectivity index (χ2n) is 8.23. The Hall–Kier alpha value is -2.29. The summed E-state index contributed by atoms with van der Waals surface area (Å²) in [6, 6.07) is 11.6. The molecule has 0 N–H and O–H groups in total. The number of halogens is 1. The second kappa shape index (κ2) is 9.68. The van der Waals surface area contributed by atoms with Gasteiger partial charge in [-0.25, -0.2) is 8.42 Å². The molecular formula is C23H27ClN2O5S. The third kappa shape index (κ3) is 5.03. The topological polar surface area (TPSA) is 76.2 Å². The number of likely N-dealkylation sites (tertiary alicyclic amines) is 1. The lowest BCUT2D eigenvalue weighted by Gasteiger charge is -2.32. The zero-order chi connectivity index (χ0) is 22.7. The number of hydrogen-bond acceptors (Lipinski definition) is 5. The van der Waals surface area contributed by atoms with Gasteiger partial charge in [0.05, 0.1) is 11.4 Å². The molecule has 2 aromatic carbocycles. The zero-order valence-corrected chi connectivity index (χ0v) is 19.6. The molecule has 2 aliphatic rings. The quantitative estimate of drug-likeness (QED) is 0.634. The summed E-state index contributed by atoms with van der Waals surface area (Å²) >= 11 is 6.31. The minimum atomic E-state index is -4.00. The maximum atomic E-state index is 13.6. The van der Waals surface area contributed by atoms with Gasteiger partial charge in [0.25, 0.3) is 0 Å². The number of carbonyl (C=O) groups excluding carboxylic acids is 1. The Bertz CT molecular complexity index is 1080. The number of piperidine rings is 1. The first-order chi connectivity index (χ1) is 15.3. The molecular weight excluding hydrogens is 452 g/mol. The van der Waals surface area contributed by atoms with E-state index in [4.69, 9.17) is 21.1 Å². The van der Waals surface area contributed by atoms with E-state index in [0.29, 0.717) is 54.3 Å². The molecule has 1 saturated heterocycles. The third-order valence-electron chi connectivity index (χ3n) is 5.90. The molecule has 0 saturated carbocycles. The first-order valence-electron chi connectivity index (χ1n) is 10.8. The van der Waals surface area contributed by atoms with Gasteiger partial charge in [0.15, 0.2) is 11.5 Å². The molecule has 2 heterocycles. The van der Waals surface area contributed by atoms with E-state index in [9.17, 15) is 13.2 Å². The Morgan fingerprint density at radius 3 is 2.50 bits per heavy atom. The SMILES string of the molecule is CC1CCN(C(=O)CN(Cc2ccccc2Cl)S(=O)(=O)c2ccc3c(c2)OCCO3)CC1. The molecule has 1 amide bonds. The van der Waals surface area contributed by atoms with Crippen molar-refractivity contribution in [3.63, 3.8) is 0 Å². The van der Waals surface area contributed by atoms with Gasteiger partial charge in [0.1, 0.15) is 13.2 Å². The van der Waals surface area contributed by atoms with Crippen molar-refractivity contribution in [2.75, 3.05) is 32.8 Å². The van der Waals surface area contributed by atoms with Crippen molar-refractivity contribution >= 4 is 27.5 Å². The van der Waals surface area contributed by atoms with Gasteiger partial charge in [-0.3, -0.25) is 4.79 Å². The Morgan fingerprint density at radius 2 is 1.78 bits per heavy atom. The van der Waals surface area contributed by atoms with Gasteiger partial charge in [0.2, 0.25) is 15.9 Å². The first-order valence-corrected chi connectivity index (χ1v) is 12.6. The van der Waals surface area contributed by atoms with Gasteiger partial charge in [-0.1, -0.05) is 36.7 Å². The maximum Gasteiger partial charge on any atom is 0.243 e. The number of benzene rings is 2. The first kappa shape index (κ1) is 22.9. The maximum absolute atomic E-state index is 13.6. The van der Waals surface area contributed by atoms with Crippen LogP contribution in [0.4, 0.5) is 0 Å². The van der Waals surface area contributed by atoms with E-state index in [2.05, 4.69) is 6.92 Å². The summed E-state index contributed by atoms with van der Waals surface area (Å²) in [5, 5.41) is 0.453. The predicted molar refractivity (Wildman–Crippen MR) is 121 cm³/mol. The number of rotatable bonds is 6. The number of amides is 1. The molecule has 2 aliphatic heterocycles. The highest BCUT2D eigenvalue weighted by molar-refractivity contribution is 7.89. The van der Waals surface area contributed by atoms with Crippen LogP contribution in [-0.4, -0.2) is 56.4 Å². The highest BCUT2D eigenvalue weighted by Crippen LogP contribution is 2.34. The predicted octanol–water partition coefficient (Wildman–Crippen LogP) is 3.56. The van der Waals surface area contributed by atoms with Crippen LogP contribution in [0.25, 0.3) is 0 Å². The van der Waals surface area contributed by atoms with Crippen LogP contribution in [0, 0.1) is 5.92 Å². The second-order valence-corrected chi connectivity index (χ2v) is 10.6. The smallest absolute Gasteiger partial charge is 0.243 e. The molecule has 9 heteroatoms. The largest absolute Gasteiger partial charge is 0.486 e. The molecule has 0 bridgehead atoms. The van der Waals surface area contributed by atoms with Crippen LogP contribution in [0.3, 0.4) is 0 Å². The van der Waals surface area contributed by atoms with Gasteiger partial charge in [-0.15, -0.1) is 0 Å². The van der Waals surface area contributed by atoms with Crippen LogP contribution < -0.4 is 9.47 Å². The summed E-state index contributed by atoms with van der Waals surface area (Å²) < 4.78 is 39.5. The molecule has 0 radical (unpaired) electrons. The lowest BCUT2D eigenvalue weighted by Crippen LogP contribution is -2.45. The molecule has 32 heavy (non-hydrogen) atoms. The van der Waals surface area contributed by atoms with E-state index in [-0.39, 0.29) is 23.9 Å². The number of sulfonamides is 1. The minimum Gasteiger partial charge on any atom is -0.486 e. The zero-order valence-electron chi connectivity index (χ0n) is 18.0. The summed E-state index contributed by atoms with van der Waals surface area (Å²) in [5.41, 5.74) is 0.635. The van der Waals surface area contributed by atoms with E-state index in [1.807, 2.05) is 0 Å². The van der Waals surface area contributed by atoms with Crippen LogP contribution in [0.1, 0.15) is 25.3 Å². The number of fused-ring (bicyclic) bond motifs is 1. The standard InChI is InChI=1S/C23H27ClN2O5S/c1-17-8-10-25(11-9-17)23(27)16-26(15-18-4-2-3-5-20(18)24)32(28,29)19-6-7-21-22(14-19)31-13-12-30-21/h2-7,14,17H,8-13,15-16H2,1H3. The Labute approximate surface area is 193 Å². The monoisotopic (exact) mass is 478 g/mol. The molecule has 0 aromatic heterocycles. The van der Waals surface area contributed by atoms with Gasteiger partial charge < -0.3 is 14.4 Å². The van der Waals surface area contributed by atoms with Gasteiger partial charge >= 0.3 is 0 Å². The van der Waals surface area contributed by atoms with Crippen LogP contribution in [0.5, 0.6) is 11.5 Å². The molecule has 2 aromatic rings. The highest BCUT2D eigenvalue weighted by atomic mass is 35.5. The van der Waals surface area contributed by atoms with Gasteiger partial charge in [-0.05, 0) is 42.5 Å². The number of carbonyl (C=O) groups is 1. The Balaban J connectivity index is 1.63. The molecule has 172 valence electrons. The van der Waals surface area contributed by atoms with Crippen molar-refractivity contribution < 1.29 is 22.7 Å². The van der Waals surface area contributed by atoms with Crippen molar-refractivity contribution in [1.29, 1.82) is 0 Å². The Kier molecular flexibility index (Phi) is 6.93. The normalized spacial score (nSPS) is 16.9. The summed E-state index contributed by atoms with van der Waals surface area (Å²) in [7, 11) is -4.00. The molecule has 7 nitrogen and oxygen atoms in total. The number of nitrogens with zero attached hydrogens (tertiary/aromatic N) is 2. The van der Waals surface area contributed by atoms with Crippen LogP contribution >= 0.6 is 11.6 Å². The Morgan fingerprint density at radius 1 is 1.09 bits per heavy atom. The van der Waals surface area contributed by atoms with E-state index >= 15 is 0 Å². The van der Waals surface area contributed by atoms with E-state index < -0.39 is 10.0 Å².